The molecule has 1 fully saturated rings. The fourth-order valence-electron chi connectivity index (χ4n) is 3.21. The number of guanidine groups is 1. The van der Waals surface area contributed by atoms with Gasteiger partial charge in [0.2, 0.25) is 5.91 Å². The molecule has 0 spiro atoms. The number of piperazine rings is 1. The number of hydrogen-bond donors (Lipinski definition) is 2. The molecular formula is C20H38N8O2. The molecule has 0 aromatic carbocycles. The second-order valence-corrected chi connectivity index (χ2v) is 7.82. The van der Waals surface area contributed by atoms with E-state index in [4.69, 9.17) is 9.73 Å². The van der Waals surface area contributed by atoms with E-state index in [0.29, 0.717) is 13.1 Å². The number of aryl methyl sites for hydroxylation is 1. The van der Waals surface area contributed by atoms with Crippen LogP contribution in [-0.4, -0.2) is 95.0 Å². The quantitative estimate of drug-likeness (QED) is 0.314. The first-order valence-electron chi connectivity index (χ1n) is 10.9. The van der Waals surface area contributed by atoms with Gasteiger partial charge < -0.3 is 24.8 Å². The van der Waals surface area contributed by atoms with Crippen molar-refractivity contribution in [3.8, 4) is 0 Å². The van der Waals surface area contributed by atoms with Crippen LogP contribution in [0.15, 0.2) is 4.99 Å². The Labute approximate surface area is 180 Å². The summed E-state index contributed by atoms with van der Waals surface area (Å²) < 4.78 is 7.39. The summed E-state index contributed by atoms with van der Waals surface area (Å²) in [6.07, 6.45) is 0.922. The van der Waals surface area contributed by atoms with Crippen LogP contribution in [0, 0.1) is 6.92 Å². The van der Waals surface area contributed by atoms with Crippen LogP contribution >= 0.6 is 0 Å². The second kappa shape index (κ2) is 12.5. The Morgan fingerprint density at radius 2 is 1.97 bits per heavy atom. The molecule has 0 saturated carbocycles. The minimum atomic E-state index is 0.0824. The van der Waals surface area contributed by atoms with E-state index in [9.17, 15) is 4.79 Å². The molecule has 170 valence electrons. The molecule has 1 aliphatic heterocycles. The van der Waals surface area contributed by atoms with Crippen LogP contribution in [0.5, 0.6) is 0 Å². The molecule has 30 heavy (non-hydrogen) atoms. The standard InChI is InChI=1S/C20H38N8O2/c1-6-30-13-7-8-21-20(22-14-18-25-24-17(4)26(18)5)28-11-9-27(10-12-28)15-19(29)23-16(2)3/h16H,6-15H2,1-5H3,(H,21,22)(H,23,29). The van der Waals surface area contributed by atoms with Gasteiger partial charge in [-0.15, -0.1) is 10.2 Å². The molecule has 2 N–H and O–H groups in total. The molecule has 1 aromatic rings. The first-order valence-corrected chi connectivity index (χ1v) is 10.9. The number of carbonyl (C=O) groups excluding carboxylic acids is 1. The minimum absolute atomic E-state index is 0.0824. The van der Waals surface area contributed by atoms with Gasteiger partial charge >= 0.3 is 0 Å². The zero-order valence-electron chi connectivity index (χ0n) is 19.1. The van der Waals surface area contributed by atoms with Crippen LogP contribution in [0.25, 0.3) is 0 Å². The molecule has 0 atom stereocenters. The average Bonchev–Trinajstić information content (AvgIpc) is 3.02. The first-order chi connectivity index (χ1) is 14.4. The molecule has 10 heteroatoms. The van der Waals surface area contributed by atoms with E-state index in [-0.39, 0.29) is 11.9 Å². The van der Waals surface area contributed by atoms with Gasteiger partial charge in [-0.05, 0) is 34.1 Å². The zero-order valence-corrected chi connectivity index (χ0v) is 19.1. The number of amides is 1. The average molecular weight is 423 g/mol. The predicted molar refractivity (Wildman–Crippen MR) is 117 cm³/mol. The lowest BCUT2D eigenvalue weighted by Crippen LogP contribution is -2.54. The first kappa shape index (κ1) is 24.1. The van der Waals surface area contributed by atoms with Crippen molar-refractivity contribution in [2.45, 2.75) is 46.7 Å². The maximum absolute atomic E-state index is 12.0. The summed E-state index contributed by atoms with van der Waals surface area (Å²) in [5, 5.41) is 14.7. The smallest absolute Gasteiger partial charge is 0.234 e. The highest BCUT2D eigenvalue weighted by molar-refractivity contribution is 5.80. The van der Waals surface area contributed by atoms with Crippen LogP contribution in [0.2, 0.25) is 0 Å². The van der Waals surface area contributed by atoms with Crippen LogP contribution in [0.4, 0.5) is 0 Å². The highest BCUT2D eigenvalue weighted by Gasteiger charge is 2.21. The SMILES string of the molecule is CCOCCCNC(=NCc1nnc(C)n1C)N1CCN(CC(=O)NC(C)C)CC1. The molecule has 1 saturated heterocycles. The van der Waals surface area contributed by atoms with Crippen molar-refractivity contribution in [3.05, 3.63) is 11.6 Å². The molecule has 0 bridgehead atoms. The summed E-state index contributed by atoms with van der Waals surface area (Å²) in [7, 11) is 1.95. The number of aromatic nitrogens is 3. The Bertz CT molecular complexity index is 680. The Balaban J connectivity index is 1.92. The lowest BCUT2D eigenvalue weighted by atomic mass is 10.3. The lowest BCUT2D eigenvalue weighted by molar-refractivity contribution is -0.123. The summed E-state index contributed by atoms with van der Waals surface area (Å²) in [4.78, 5) is 21.3. The van der Waals surface area contributed by atoms with Gasteiger partial charge in [0.25, 0.3) is 0 Å². The summed E-state index contributed by atoms with van der Waals surface area (Å²) in [6, 6.07) is 0.169. The Hall–Kier alpha value is -2.20. The Kier molecular flexibility index (Phi) is 10.0. The molecule has 0 radical (unpaired) electrons. The van der Waals surface area contributed by atoms with E-state index in [2.05, 4.69) is 30.6 Å². The molecule has 10 nitrogen and oxygen atoms in total. The van der Waals surface area contributed by atoms with Crippen molar-refractivity contribution in [1.82, 2.24) is 35.2 Å². The molecule has 1 amide bonds. The fraction of sp³-hybridized carbons (Fsp3) is 0.800. The number of ether oxygens (including phenoxy) is 1. The summed E-state index contributed by atoms with van der Waals surface area (Å²) in [5.74, 6) is 2.67. The van der Waals surface area contributed by atoms with E-state index < -0.39 is 0 Å². The summed E-state index contributed by atoms with van der Waals surface area (Å²) >= 11 is 0. The fourth-order valence-corrected chi connectivity index (χ4v) is 3.21. The Morgan fingerprint density at radius 3 is 2.57 bits per heavy atom. The highest BCUT2D eigenvalue weighted by Crippen LogP contribution is 2.05. The molecule has 0 unspecified atom stereocenters. The second-order valence-electron chi connectivity index (χ2n) is 7.82. The van der Waals surface area contributed by atoms with Crippen LogP contribution in [0.3, 0.4) is 0 Å². The van der Waals surface area contributed by atoms with Crippen molar-refractivity contribution in [1.29, 1.82) is 0 Å². The van der Waals surface area contributed by atoms with Gasteiger partial charge in [-0.3, -0.25) is 9.69 Å². The van der Waals surface area contributed by atoms with Crippen LogP contribution in [-0.2, 0) is 23.1 Å². The van der Waals surface area contributed by atoms with Crippen molar-refractivity contribution >= 4 is 11.9 Å². The third-order valence-electron chi connectivity index (χ3n) is 4.99. The molecule has 2 rings (SSSR count). The van der Waals surface area contributed by atoms with Crippen LogP contribution in [0.1, 0.15) is 38.8 Å². The van der Waals surface area contributed by atoms with Crippen molar-refractivity contribution < 1.29 is 9.53 Å². The number of nitrogens with zero attached hydrogens (tertiary/aromatic N) is 6. The molecule has 1 aliphatic rings. The summed E-state index contributed by atoms with van der Waals surface area (Å²) in [6.45, 7) is 14.4. The number of nitrogens with one attached hydrogen (secondary N) is 2. The van der Waals surface area contributed by atoms with Gasteiger partial charge in [0.1, 0.15) is 12.4 Å². The maximum atomic E-state index is 12.0. The highest BCUT2D eigenvalue weighted by atomic mass is 16.5. The maximum Gasteiger partial charge on any atom is 0.234 e. The predicted octanol–water partition coefficient (Wildman–Crippen LogP) is 0.138. The topological polar surface area (TPSA) is 99.9 Å². The third kappa shape index (κ3) is 7.91. The van der Waals surface area contributed by atoms with E-state index >= 15 is 0 Å². The number of rotatable bonds is 10. The van der Waals surface area contributed by atoms with E-state index in [1.807, 2.05) is 39.3 Å². The lowest BCUT2D eigenvalue weighted by Gasteiger charge is -2.36. The van der Waals surface area contributed by atoms with Crippen molar-refractivity contribution in [3.63, 3.8) is 0 Å². The molecule has 0 aliphatic carbocycles. The summed E-state index contributed by atoms with van der Waals surface area (Å²) in [5.41, 5.74) is 0. The molecule has 1 aromatic heterocycles. The van der Waals surface area contributed by atoms with Crippen molar-refractivity contribution in [2.75, 3.05) is 52.5 Å². The van der Waals surface area contributed by atoms with Gasteiger partial charge in [0.05, 0.1) is 6.54 Å². The van der Waals surface area contributed by atoms with Gasteiger partial charge in [-0.1, -0.05) is 0 Å². The number of aliphatic imine (C=N–C) groups is 1. The van der Waals surface area contributed by atoms with Gasteiger partial charge in [-0.25, -0.2) is 4.99 Å². The number of carbonyl (C=O) groups is 1. The van der Waals surface area contributed by atoms with Gasteiger partial charge in [0.15, 0.2) is 11.8 Å². The van der Waals surface area contributed by atoms with Crippen LogP contribution < -0.4 is 10.6 Å². The number of hydrogen-bond acceptors (Lipinski definition) is 6. The van der Waals surface area contributed by atoms with E-state index in [1.54, 1.807) is 0 Å². The van der Waals surface area contributed by atoms with Gasteiger partial charge in [-0.2, -0.15) is 0 Å². The molecular weight excluding hydrogens is 384 g/mol. The monoisotopic (exact) mass is 422 g/mol. The third-order valence-corrected chi connectivity index (χ3v) is 4.99. The molecule has 2 heterocycles. The zero-order chi connectivity index (χ0) is 21.9. The largest absolute Gasteiger partial charge is 0.382 e. The normalized spacial score (nSPS) is 15.7. The van der Waals surface area contributed by atoms with E-state index in [1.165, 1.54) is 0 Å². The van der Waals surface area contributed by atoms with Gasteiger partial charge in [0, 0.05) is 59.0 Å². The van der Waals surface area contributed by atoms with Crippen molar-refractivity contribution in [2.24, 2.45) is 12.0 Å². The minimum Gasteiger partial charge on any atom is -0.382 e. The van der Waals surface area contributed by atoms with E-state index in [0.717, 1.165) is 70.0 Å². The Morgan fingerprint density at radius 1 is 1.23 bits per heavy atom.